The molecule has 2 amide bonds. The molecule has 2 rings (SSSR count). The summed E-state index contributed by atoms with van der Waals surface area (Å²) in [5.74, 6) is -0.0577. The Kier molecular flexibility index (Phi) is 5.37. The zero-order chi connectivity index (χ0) is 14.5. The van der Waals surface area contributed by atoms with Gasteiger partial charge < -0.3 is 19.9 Å². The number of amides is 2. The van der Waals surface area contributed by atoms with E-state index in [4.69, 9.17) is 4.74 Å². The van der Waals surface area contributed by atoms with Gasteiger partial charge in [-0.15, -0.1) is 0 Å². The van der Waals surface area contributed by atoms with E-state index in [0.29, 0.717) is 19.5 Å². The molecular weight excluding hydrogens is 258 g/mol. The third kappa shape index (κ3) is 3.93. The number of likely N-dealkylation sites (tertiary alicyclic amines) is 1. The first-order chi connectivity index (χ1) is 9.58. The average Bonchev–Trinajstić information content (AvgIpc) is 2.82. The maximum Gasteiger partial charge on any atom is 0.225 e. The van der Waals surface area contributed by atoms with Crippen LogP contribution in [0.15, 0.2) is 0 Å². The van der Waals surface area contributed by atoms with Crippen LogP contribution in [-0.4, -0.2) is 68.7 Å². The van der Waals surface area contributed by atoms with E-state index in [0.717, 1.165) is 32.8 Å². The van der Waals surface area contributed by atoms with Crippen molar-refractivity contribution in [1.29, 1.82) is 0 Å². The molecule has 0 radical (unpaired) electrons. The van der Waals surface area contributed by atoms with E-state index in [1.165, 1.54) is 4.90 Å². The molecule has 0 aromatic rings. The number of carbonyl (C=O) groups is 2. The van der Waals surface area contributed by atoms with Crippen molar-refractivity contribution in [2.75, 3.05) is 45.9 Å². The van der Waals surface area contributed by atoms with Crippen LogP contribution >= 0.6 is 0 Å². The van der Waals surface area contributed by atoms with Crippen molar-refractivity contribution in [1.82, 2.24) is 10.2 Å². The fourth-order valence-electron chi connectivity index (χ4n) is 2.82. The number of rotatable bonds is 5. The molecule has 0 unspecified atom stereocenters. The van der Waals surface area contributed by atoms with Gasteiger partial charge in [-0.3, -0.25) is 9.59 Å². The smallest absolute Gasteiger partial charge is 0.225 e. The number of carbonyl (C=O) groups excluding carboxylic acids is 2. The molecule has 2 aliphatic rings. The van der Waals surface area contributed by atoms with Crippen LogP contribution in [0.25, 0.3) is 0 Å². The number of hydrogen-bond acceptors (Lipinski definition) is 3. The molecule has 2 saturated heterocycles. The van der Waals surface area contributed by atoms with Crippen molar-refractivity contribution in [3.8, 4) is 0 Å². The first-order valence-corrected chi connectivity index (χ1v) is 7.56. The van der Waals surface area contributed by atoms with Gasteiger partial charge in [-0.25, -0.2) is 0 Å². The fraction of sp³-hybridized carbons (Fsp3) is 0.857. The molecule has 0 saturated carbocycles. The predicted octanol–water partition coefficient (Wildman–Crippen LogP) is -1.73. The molecule has 1 atom stereocenters. The Morgan fingerprint density at radius 1 is 1.45 bits per heavy atom. The molecular formula is C14H26N3O3+. The highest BCUT2D eigenvalue weighted by atomic mass is 16.5. The molecule has 6 heteroatoms. The van der Waals surface area contributed by atoms with Gasteiger partial charge in [-0.1, -0.05) is 0 Å². The van der Waals surface area contributed by atoms with Crippen molar-refractivity contribution in [2.24, 2.45) is 5.92 Å². The van der Waals surface area contributed by atoms with E-state index in [9.17, 15) is 9.59 Å². The van der Waals surface area contributed by atoms with Gasteiger partial charge in [0.2, 0.25) is 11.8 Å². The van der Waals surface area contributed by atoms with E-state index in [1.807, 2.05) is 13.8 Å². The summed E-state index contributed by atoms with van der Waals surface area (Å²) in [6.45, 7) is 9.79. The zero-order valence-electron chi connectivity index (χ0n) is 12.5. The number of morpholine rings is 1. The molecule has 0 aromatic heterocycles. The highest BCUT2D eigenvalue weighted by molar-refractivity contribution is 5.89. The van der Waals surface area contributed by atoms with Crippen LogP contribution in [-0.2, 0) is 14.3 Å². The van der Waals surface area contributed by atoms with E-state index in [2.05, 4.69) is 5.32 Å². The summed E-state index contributed by atoms with van der Waals surface area (Å²) in [5.41, 5.74) is 0. The van der Waals surface area contributed by atoms with Crippen molar-refractivity contribution >= 4 is 11.8 Å². The maximum absolute atomic E-state index is 12.1. The number of nitrogens with zero attached hydrogens (tertiary/aromatic N) is 1. The lowest BCUT2D eigenvalue weighted by Gasteiger charge is -2.24. The average molecular weight is 284 g/mol. The SMILES string of the molecule is CC(C)N1C[C@H](C(=O)NCC[NH+]2CCOCC2)CC1=O. The number of nitrogens with one attached hydrogen (secondary N) is 2. The summed E-state index contributed by atoms with van der Waals surface area (Å²) < 4.78 is 5.30. The lowest BCUT2D eigenvalue weighted by molar-refractivity contribution is -0.906. The molecule has 114 valence electrons. The van der Waals surface area contributed by atoms with Crippen LogP contribution in [0.4, 0.5) is 0 Å². The van der Waals surface area contributed by atoms with Crippen molar-refractivity contribution in [3.05, 3.63) is 0 Å². The van der Waals surface area contributed by atoms with Gasteiger partial charge >= 0.3 is 0 Å². The Balaban J connectivity index is 1.68. The van der Waals surface area contributed by atoms with Crippen LogP contribution in [0.2, 0.25) is 0 Å². The monoisotopic (exact) mass is 284 g/mol. The van der Waals surface area contributed by atoms with E-state index in [-0.39, 0.29) is 23.8 Å². The minimum absolute atomic E-state index is 0.0224. The normalized spacial score (nSPS) is 24.4. The summed E-state index contributed by atoms with van der Waals surface area (Å²) >= 11 is 0. The van der Waals surface area contributed by atoms with Crippen LogP contribution < -0.4 is 10.2 Å². The summed E-state index contributed by atoms with van der Waals surface area (Å²) in [6, 6.07) is 0.179. The largest absolute Gasteiger partial charge is 0.370 e. The minimum Gasteiger partial charge on any atom is -0.370 e. The van der Waals surface area contributed by atoms with Gasteiger partial charge in [0.05, 0.1) is 32.2 Å². The molecule has 20 heavy (non-hydrogen) atoms. The molecule has 0 aliphatic carbocycles. The second-order valence-electron chi connectivity index (χ2n) is 5.94. The quantitative estimate of drug-likeness (QED) is 0.631. The van der Waals surface area contributed by atoms with Crippen LogP contribution in [0.3, 0.4) is 0 Å². The Morgan fingerprint density at radius 3 is 2.75 bits per heavy atom. The van der Waals surface area contributed by atoms with Gasteiger partial charge in [0.15, 0.2) is 0 Å². The summed E-state index contributed by atoms with van der Waals surface area (Å²) in [5, 5.41) is 2.97. The molecule has 2 N–H and O–H groups in total. The van der Waals surface area contributed by atoms with Gasteiger partial charge in [0.1, 0.15) is 13.1 Å². The topological polar surface area (TPSA) is 63.1 Å². The van der Waals surface area contributed by atoms with Gasteiger partial charge in [-0.2, -0.15) is 0 Å². The minimum atomic E-state index is -0.176. The summed E-state index contributed by atoms with van der Waals surface area (Å²) in [6.07, 6.45) is 0.356. The molecule has 0 spiro atoms. The maximum atomic E-state index is 12.1. The lowest BCUT2D eigenvalue weighted by atomic mass is 10.1. The van der Waals surface area contributed by atoms with E-state index >= 15 is 0 Å². The third-order valence-corrected chi connectivity index (χ3v) is 4.13. The standard InChI is InChI=1S/C14H25N3O3/c1-11(2)17-10-12(9-13(17)18)14(19)15-3-4-16-5-7-20-8-6-16/h11-12H,3-10H2,1-2H3,(H,15,19)/p+1/t12-/m1/s1. The number of ether oxygens (including phenoxy) is 1. The molecule has 0 aromatic carbocycles. The predicted molar refractivity (Wildman–Crippen MR) is 74.3 cm³/mol. The van der Waals surface area contributed by atoms with Gasteiger partial charge in [0.25, 0.3) is 0 Å². The third-order valence-electron chi connectivity index (χ3n) is 4.13. The lowest BCUT2D eigenvalue weighted by Crippen LogP contribution is -3.14. The Morgan fingerprint density at radius 2 is 2.15 bits per heavy atom. The van der Waals surface area contributed by atoms with Crippen LogP contribution in [0, 0.1) is 5.92 Å². The Hall–Kier alpha value is -1.14. The summed E-state index contributed by atoms with van der Waals surface area (Å²) in [4.78, 5) is 27.1. The van der Waals surface area contributed by atoms with Crippen LogP contribution in [0.5, 0.6) is 0 Å². The second-order valence-corrected chi connectivity index (χ2v) is 5.94. The number of hydrogen-bond donors (Lipinski definition) is 2. The molecule has 6 nitrogen and oxygen atoms in total. The second kappa shape index (κ2) is 7.04. The fourth-order valence-corrected chi connectivity index (χ4v) is 2.82. The highest BCUT2D eigenvalue weighted by Gasteiger charge is 2.35. The Labute approximate surface area is 120 Å². The van der Waals surface area contributed by atoms with Gasteiger partial charge in [-0.05, 0) is 13.8 Å². The summed E-state index contributed by atoms with van der Waals surface area (Å²) in [7, 11) is 0. The first-order valence-electron chi connectivity index (χ1n) is 7.56. The molecule has 2 aliphatic heterocycles. The molecule has 2 fully saturated rings. The van der Waals surface area contributed by atoms with E-state index in [1.54, 1.807) is 4.90 Å². The van der Waals surface area contributed by atoms with Crippen molar-refractivity contribution < 1.29 is 19.2 Å². The zero-order valence-corrected chi connectivity index (χ0v) is 12.5. The van der Waals surface area contributed by atoms with E-state index < -0.39 is 0 Å². The van der Waals surface area contributed by atoms with Crippen LogP contribution in [0.1, 0.15) is 20.3 Å². The first kappa shape index (κ1) is 15.3. The highest BCUT2D eigenvalue weighted by Crippen LogP contribution is 2.19. The Bertz CT molecular complexity index is 354. The number of quaternary nitrogens is 1. The molecule has 2 heterocycles. The van der Waals surface area contributed by atoms with Gasteiger partial charge in [0, 0.05) is 19.0 Å². The van der Waals surface area contributed by atoms with Crippen molar-refractivity contribution in [3.63, 3.8) is 0 Å². The molecule has 0 bridgehead atoms. The van der Waals surface area contributed by atoms with Crippen molar-refractivity contribution in [2.45, 2.75) is 26.3 Å².